The third kappa shape index (κ3) is 3.61. The molecule has 86 valence electrons. The van der Waals surface area contributed by atoms with Crippen molar-refractivity contribution in [2.75, 3.05) is 0 Å². The van der Waals surface area contributed by atoms with E-state index in [1.54, 1.807) is 12.1 Å². The first-order valence-corrected chi connectivity index (χ1v) is 4.79. The van der Waals surface area contributed by atoms with Gasteiger partial charge in [0.1, 0.15) is 11.8 Å². The smallest absolute Gasteiger partial charge is 0.325 e. The molecule has 0 spiro atoms. The molecular weight excluding hydrogens is 210 g/mol. The first kappa shape index (κ1) is 12.0. The molecule has 1 amide bonds. The van der Waals surface area contributed by atoms with E-state index in [0.717, 1.165) is 0 Å². The summed E-state index contributed by atoms with van der Waals surface area (Å²) >= 11 is 0. The summed E-state index contributed by atoms with van der Waals surface area (Å²) in [6.07, 6.45) is 0.0476. The van der Waals surface area contributed by atoms with Crippen LogP contribution in [0.4, 0.5) is 0 Å². The number of rotatable bonds is 4. The summed E-state index contributed by atoms with van der Waals surface area (Å²) in [7, 11) is 0. The predicted molar refractivity (Wildman–Crippen MR) is 57.1 cm³/mol. The van der Waals surface area contributed by atoms with Gasteiger partial charge in [0.05, 0.1) is 6.42 Å². The first-order valence-electron chi connectivity index (χ1n) is 4.79. The van der Waals surface area contributed by atoms with E-state index in [1.807, 2.05) is 0 Å². The molecule has 1 rings (SSSR count). The Morgan fingerprint density at radius 1 is 1.44 bits per heavy atom. The molecule has 0 aliphatic heterocycles. The van der Waals surface area contributed by atoms with Gasteiger partial charge in [0, 0.05) is 0 Å². The Bertz CT molecular complexity index is 403. The minimum absolute atomic E-state index is 0.0476. The highest BCUT2D eigenvalue weighted by Gasteiger charge is 2.13. The van der Waals surface area contributed by atoms with Crippen molar-refractivity contribution in [2.45, 2.75) is 19.4 Å². The van der Waals surface area contributed by atoms with E-state index in [0.29, 0.717) is 5.56 Å². The summed E-state index contributed by atoms with van der Waals surface area (Å²) in [5.74, 6) is -1.39. The highest BCUT2D eigenvalue weighted by Crippen LogP contribution is 2.11. The molecule has 1 atom stereocenters. The van der Waals surface area contributed by atoms with Crippen LogP contribution < -0.4 is 5.32 Å². The highest BCUT2D eigenvalue weighted by atomic mass is 16.4. The zero-order valence-corrected chi connectivity index (χ0v) is 8.80. The van der Waals surface area contributed by atoms with E-state index in [1.165, 1.54) is 19.1 Å². The van der Waals surface area contributed by atoms with Gasteiger partial charge < -0.3 is 15.5 Å². The van der Waals surface area contributed by atoms with Crippen LogP contribution in [0.5, 0.6) is 5.75 Å². The molecule has 5 heteroatoms. The van der Waals surface area contributed by atoms with Gasteiger partial charge >= 0.3 is 5.97 Å². The second-order valence-electron chi connectivity index (χ2n) is 3.47. The standard InChI is InChI=1S/C11H13NO4/c1-7(11(15)16)12-10(14)6-8-3-2-4-9(13)5-8/h2-5,7,13H,6H2,1H3,(H,12,14)(H,15,16). The lowest BCUT2D eigenvalue weighted by molar-refractivity contribution is -0.141. The number of hydrogen-bond acceptors (Lipinski definition) is 3. The van der Waals surface area contributed by atoms with Gasteiger partial charge in [-0.1, -0.05) is 12.1 Å². The third-order valence-electron chi connectivity index (χ3n) is 2.02. The number of nitrogens with one attached hydrogen (secondary N) is 1. The number of carbonyl (C=O) groups excluding carboxylic acids is 1. The summed E-state index contributed by atoms with van der Waals surface area (Å²) in [5.41, 5.74) is 0.634. The van der Waals surface area contributed by atoms with Crippen LogP contribution in [0.2, 0.25) is 0 Å². The van der Waals surface area contributed by atoms with Crippen molar-refractivity contribution in [3.8, 4) is 5.75 Å². The minimum atomic E-state index is -1.08. The fourth-order valence-electron chi connectivity index (χ4n) is 1.21. The topological polar surface area (TPSA) is 86.6 Å². The largest absolute Gasteiger partial charge is 0.508 e. The lowest BCUT2D eigenvalue weighted by Crippen LogP contribution is -2.39. The minimum Gasteiger partial charge on any atom is -0.508 e. The molecule has 0 saturated carbocycles. The summed E-state index contributed by atoms with van der Waals surface area (Å²) in [6, 6.07) is 5.36. The first-order chi connectivity index (χ1) is 7.49. The Hall–Kier alpha value is -2.04. The molecule has 1 aromatic rings. The maximum Gasteiger partial charge on any atom is 0.325 e. The number of amides is 1. The van der Waals surface area contributed by atoms with Gasteiger partial charge in [-0.2, -0.15) is 0 Å². The summed E-state index contributed by atoms with van der Waals surface area (Å²) in [4.78, 5) is 21.9. The van der Waals surface area contributed by atoms with Gasteiger partial charge in [-0.05, 0) is 24.6 Å². The Kier molecular flexibility index (Phi) is 3.88. The highest BCUT2D eigenvalue weighted by molar-refractivity contribution is 5.84. The number of carbonyl (C=O) groups is 2. The van der Waals surface area contributed by atoms with Gasteiger partial charge in [0.2, 0.25) is 5.91 Å². The molecular formula is C11H13NO4. The Labute approximate surface area is 92.7 Å². The van der Waals surface area contributed by atoms with Crippen molar-refractivity contribution in [1.29, 1.82) is 0 Å². The lowest BCUT2D eigenvalue weighted by atomic mass is 10.1. The predicted octanol–water partition coefficient (Wildman–Crippen LogP) is 0.524. The van der Waals surface area contributed by atoms with Crippen LogP contribution in [-0.2, 0) is 16.0 Å². The number of benzene rings is 1. The average molecular weight is 223 g/mol. The van der Waals surface area contributed by atoms with E-state index in [9.17, 15) is 14.7 Å². The van der Waals surface area contributed by atoms with Crippen molar-refractivity contribution in [3.63, 3.8) is 0 Å². The zero-order valence-electron chi connectivity index (χ0n) is 8.80. The maximum atomic E-state index is 11.4. The fourth-order valence-corrected chi connectivity index (χ4v) is 1.21. The van der Waals surface area contributed by atoms with E-state index in [2.05, 4.69) is 5.32 Å². The molecule has 1 unspecified atom stereocenters. The quantitative estimate of drug-likeness (QED) is 0.694. The second-order valence-corrected chi connectivity index (χ2v) is 3.47. The lowest BCUT2D eigenvalue weighted by Gasteiger charge is -2.09. The number of phenols is 1. The van der Waals surface area contributed by atoms with Crippen molar-refractivity contribution >= 4 is 11.9 Å². The van der Waals surface area contributed by atoms with E-state index in [4.69, 9.17) is 5.11 Å². The van der Waals surface area contributed by atoms with Crippen LogP contribution in [0.25, 0.3) is 0 Å². The van der Waals surface area contributed by atoms with Crippen LogP contribution in [0.3, 0.4) is 0 Å². The van der Waals surface area contributed by atoms with Crippen LogP contribution >= 0.6 is 0 Å². The second kappa shape index (κ2) is 5.16. The van der Waals surface area contributed by atoms with E-state index >= 15 is 0 Å². The van der Waals surface area contributed by atoms with Gasteiger partial charge in [-0.15, -0.1) is 0 Å². The van der Waals surface area contributed by atoms with Crippen molar-refractivity contribution in [3.05, 3.63) is 29.8 Å². The maximum absolute atomic E-state index is 11.4. The zero-order chi connectivity index (χ0) is 12.1. The monoisotopic (exact) mass is 223 g/mol. The Balaban J connectivity index is 2.55. The summed E-state index contributed by atoms with van der Waals surface area (Å²) < 4.78 is 0. The Morgan fingerprint density at radius 2 is 2.12 bits per heavy atom. The molecule has 1 aromatic carbocycles. The molecule has 3 N–H and O–H groups in total. The van der Waals surface area contributed by atoms with Gasteiger partial charge in [0.15, 0.2) is 0 Å². The number of aliphatic carboxylic acids is 1. The number of carboxylic acids is 1. The van der Waals surface area contributed by atoms with E-state index in [-0.39, 0.29) is 18.1 Å². The summed E-state index contributed by atoms with van der Waals surface area (Å²) in [5, 5.41) is 20.1. The van der Waals surface area contributed by atoms with E-state index < -0.39 is 12.0 Å². The summed E-state index contributed by atoms with van der Waals surface area (Å²) in [6.45, 7) is 1.39. The van der Waals surface area contributed by atoms with Crippen LogP contribution in [0.1, 0.15) is 12.5 Å². The van der Waals surface area contributed by atoms with Crippen molar-refractivity contribution in [1.82, 2.24) is 5.32 Å². The molecule has 0 fully saturated rings. The van der Waals surface area contributed by atoms with Crippen LogP contribution in [0, 0.1) is 0 Å². The molecule has 0 radical (unpaired) electrons. The molecule has 16 heavy (non-hydrogen) atoms. The molecule has 0 heterocycles. The molecule has 0 bridgehead atoms. The number of aromatic hydroxyl groups is 1. The van der Waals surface area contributed by atoms with Gasteiger partial charge in [-0.25, -0.2) is 0 Å². The number of hydrogen-bond donors (Lipinski definition) is 3. The van der Waals surface area contributed by atoms with Crippen molar-refractivity contribution in [2.24, 2.45) is 0 Å². The Morgan fingerprint density at radius 3 is 2.69 bits per heavy atom. The van der Waals surface area contributed by atoms with Crippen molar-refractivity contribution < 1.29 is 19.8 Å². The van der Waals surface area contributed by atoms with Gasteiger partial charge in [-0.3, -0.25) is 9.59 Å². The molecule has 0 aromatic heterocycles. The van der Waals surface area contributed by atoms with Crippen LogP contribution in [-0.4, -0.2) is 28.1 Å². The fraction of sp³-hybridized carbons (Fsp3) is 0.273. The molecule has 0 saturated heterocycles. The normalized spacial score (nSPS) is 11.8. The van der Waals surface area contributed by atoms with Crippen LogP contribution in [0.15, 0.2) is 24.3 Å². The average Bonchev–Trinajstić information content (AvgIpc) is 2.16. The molecule has 5 nitrogen and oxygen atoms in total. The number of phenolic OH excluding ortho intramolecular Hbond substituents is 1. The molecule has 0 aliphatic rings. The molecule has 0 aliphatic carbocycles. The number of carboxylic acid groups (broad SMARTS) is 1. The third-order valence-corrected chi connectivity index (χ3v) is 2.02. The SMILES string of the molecule is CC(NC(=O)Cc1cccc(O)c1)C(=O)O. The van der Waals surface area contributed by atoms with Gasteiger partial charge in [0.25, 0.3) is 0 Å².